The highest BCUT2D eigenvalue weighted by Crippen LogP contribution is 2.34. The van der Waals surface area contributed by atoms with Gasteiger partial charge in [0.2, 0.25) is 5.95 Å². The minimum atomic E-state index is 0.553. The molecule has 0 fully saturated rings. The van der Waals surface area contributed by atoms with Gasteiger partial charge >= 0.3 is 0 Å². The molecule has 0 saturated carbocycles. The summed E-state index contributed by atoms with van der Waals surface area (Å²) in [5, 5.41) is 8.24. The van der Waals surface area contributed by atoms with E-state index >= 15 is 0 Å². The van der Waals surface area contributed by atoms with Gasteiger partial charge in [0.05, 0.1) is 17.0 Å². The van der Waals surface area contributed by atoms with Gasteiger partial charge in [0.25, 0.3) is 0 Å². The van der Waals surface area contributed by atoms with Crippen LogP contribution in [-0.4, -0.2) is 26.7 Å². The lowest BCUT2D eigenvalue weighted by atomic mass is 10.00. The molecule has 1 aromatic carbocycles. The van der Waals surface area contributed by atoms with Crippen LogP contribution in [-0.2, 0) is 12.8 Å². The number of nitrogens with zero attached hydrogens (tertiary/aromatic N) is 4. The maximum absolute atomic E-state index is 6.26. The summed E-state index contributed by atoms with van der Waals surface area (Å²) in [7, 11) is 0. The van der Waals surface area contributed by atoms with E-state index < -0.39 is 0 Å². The quantitative estimate of drug-likeness (QED) is 0.433. The molecule has 0 saturated heterocycles. The van der Waals surface area contributed by atoms with Crippen LogP contribution >= 0.6 is 11.6 Å². The summed E-state index contributed by atoms with van der Waals surface area (Å²) in [4.78, 5) is 13.5. The second-order valence-corrected chi connectivity index (χ2v) is 7.29. The van der Waals surface area contributed by atoms with E-state index in [9.17, 15) is 0 Å². The number of anilines is 1. The number of hydrogen-bond donors (Lipinski definition) is 1. The summed E-state index contributed by atoms with van der Waals surface area (Å²) in [5.74, 6) is 1.36. The first kappa shape index (κ1) is 20.0. The van der Waals surface area contributed by atoms with Crippen LogP contribution in [0.5, 0.6) is 0 Å². The lowest BCUT2D eigenvalue weighted by molar-refractivity contribution is 0.383. The van der Waals surface area contributed by atoms with E-state index in [0.717, 1.165) is 57.3 Å². The molecule has 3 heterocycles. The molecule has 4 aromatic rings. The second-order valence-electron chi connectivity index (χ2n) is 6.88. The van der Waals surface area contributed by atoms with Crippen LogP contribution in [0.1, 0.15) is 23.9 Å². The van der Waals surface area contributed by atoms with E-state index in [0.29, 0.717) is 12.5 Å². The molecule has 0 spiro atoms. The van der Waals surface area contributed by atoms with E-state index in [1.807, 2.05) is 56.4 Å². The molecule has 0 amide bonds. The second kappa shape index (κ2) is 9.05. The molecule has 7 heteroatoms. The van der Waals surface area contributed by atoms with Crippen molar-refractivity contribution in [3.05, 3.63) is 77.0 Å². The van der Waals surface area contributed by atoms with Gasteiger partial charge in [0.1, 0.15) is 5.76 Å². The van der Waals surface area contributed by atoms with Gasteiger partial charge in [0.15, 0.2) is 0 Å². The van der Waals surface area contributed by atoms with Crippen LogP contribution in [0.15, 0.2) is 59.5 Å². The predicted molar refractivity (Wildman–Crippen MR) is 119 cm³/mol. The fourth-order valence-electron chi connectivity index (χ4n) is 3.37. The van der Waals surface area contributed by atoms with Crippen molar-refractivity contribution in [3.8, 4) is 22.4 Å². The third-order valence-corrected chi connectivity index (χ3v) is 5.28. The van der Waals surface area contributed by atoms with Gasteiger partial charge in [-0.2, -0.15) is 0 Å². The summed E-state index contributed by atoms with van der Waals surface area (Å²) in [6.07, 6.45) is 6.86. The van der Waals surface area contributed by atoms with Crippen LogP contribution in [0.4, 0.5) is 5.95 Å². The Morgan fingerprint density at radius 1 is 1.10 bits per heavy atom. The van der Waals surface area contributed by atoms with Crippen LogP contribution in [0.3, 0.4) is 0 Å². The molecule has 0 atom stereocenters. The summed E-state index contributed by atoms with van der Waals surface area (Å²) < 4.78 is 5.52. The van der Waals surface area contributed by atoms with E-state index in [2.05, 4.69) is 20.4 Å². The molecular formula is C23H22ClN5O. The fraction of sp³-hybridized carbons (Fsp3) is 0.217. The number of aryl methyl sites for hydroxylation is 2. The minimum absolute atomic E-state index is 0.553. The monoisotopic (exact) mass is 419 g/mol. The highest BCUT2D eigenvalue weighted by atomic mass is 35.5. The first-order valence-corrected chi connectivity index (χ1v) is 10.3. The third-order valence-electron chi connectivity index (χ3n) is 4.91. The van der Waals surface area contributed by atoms with Gasteiger partial charge in [-0.25, -0.2) is 9.97 Å². The Hall–Kier alpha value is -3.25. The van der Waals surface area contributed by atoms with Gasteiger partial charge in [-0.15, -0.1) is 0 Å². The Labute approximate surface area is 180 Å². The molecule has 0 bridgehead atoms. The Bertz CT molecular complexity index is 1140. The number of rotatable bonds is 7. The number of benzene rings is 1. The van der Waals surface area contributed by atoms with Gasteiger partial charge in [0, 0.05) is 42.1 Å². The molecular weight excluding hydrogens is 398 g/mol. The van der Waals surface area contributed by atoms with Gasteiger partial charge in [-0.3, -0.25) is 4.98 Å². The number of halogens is 1. The highest BCUT2D eigenvalue weighted by Gasteiger charge is 2.20. The van der Waals surface area contributed by atoms with Crippen molar-refractivity contribution in [2.75, 3.05) is 11.9 Å². The molecule has 3 aromatic heterocycles. The van der Waals surface area contributed by atoms with Crippen molar-refractivity contribution < 1.29 is 4.52 Å². The van der Waals surface area contributed by atoms with Crippen molar-refractivity contribution in [1.29, 1.82) is 0 Å². The zero-order valence-corrected chi connectivity index (χ0v) is 17.6. The standard InChI is InChI=1S/C23H22ClN5O/c1-3-20-21(15(2)29-30-20)22-18(16-8-11-25-12-9-16)14-27-23(28-22)26-13-10-17-6-4-5-7-19(17)24/h4-9,11-12,14H,3,10,13H2,1-2H3,(H,26,27,28). The minimum Gasteiger partial charge on any atom is -0.360 e. The molecule has 0 aliphatic carbocycles. The summed E-state index contributed by atoms with van der Waals surface area (Å²) in [6, 6.07) is 11.7. The molecule has 1 N–H and O–H groups in total. The first-order chi connectivity index (χ1) is 14.7. The summed E-state index contributed by atoms with van der Waals surface area (Å²) >= 11 is 6.26. The molecule has 0 radical (unpaired) electrons. The van der Waals surface area contributed by atoms with Crippen molar-refractivity contribution in [2.45, 2.75) is 26.7 Å². The first-order valence-electron chi connectivity index (χ1n) is 9.87. The van der Waals surface area contributed by atoms with Crippen molar-refractivity contribution in [3.63, 3.8) is 0 Å². The zero-order chi connectivity index (χ0) is 20.9. The highest BCUT2D eigenvalue weighted by molar-refractivity contribution is 6.31. The summed E-state index contributed by atoms with van der Waals surface area (Å²) in [5.41, 5.74) is 5.51. The lowest BCUT2D eigenvalue weighted by Crippen LogP contribution is -2.09. The average molecular weight is 420 g/mol. The van der Waals surface area contributed by atoms with E-state index in [-0.39, 0.29) is 0 Å². The molecule has 4 rings (SSSR count). The number of hydrogen-bond acceptors (Lipinski definition) is 6. The Morgan fingerprint density at radius 3 is 2.67 bits per heavy atom. The molecule has 0 aliphatic heterocycles. The Morgan fingerprint density at radius 2 is 1.90 bits per heavy atom. The molecule has 30 heavy (non-hydrogen) atoms. The number of pyridine rings is 1. The van der Waals surface area contributed by atoms with Crippen LogP contribution in [0.2, 0.25) is 5.02 Å². The van der Waals surface area contributed by atoms with E-state index in [1.54, 1.807) is 12.4 Å². The summed E-state index contributed by atoms with van der Waals surface area (Å²) in [6.45, 7) is 4.64. The van der Waals surface area contributed by atoms with Gasteiger partial charge in [-0.1, -0.05) is 41.9 Å². The topological polar surface area (TPSA) is 76.7 Å². The van der Waals surface area contributed by atoms with Crippen molar-refractivity contribution >= 4 is 17.5 Å². The normalized spacial score (nSPS) is 10.9. The van der Waals surface area contributed by atoms with Crippen molar-refractivity contribution in [1.82, 2.24) is 20.1 Å². The SMILES string of the molecule is CCc1onc(C)c1-c1nc(NCCc2ccccc2Cl)ncc1-c1ccncc1. The molecule has 152 valence electrons. The fourth-order valence-corrected chi connectivity index (χ4v) is 3.60. The lowest BCUT2D eigenvalue weighted by Gasteiger charge is -2.12. The molecule has 0 unspecified atom stereocenters. The third kappa shape index (κ3) is 4.19. The maximum Gasteiger partial charge on any atom is 0.223 e. The zero-order valence-electron chi connectivity index (χ0n) is 16.9. The smallest absolute Gasteiger partial charge is 0.223 e. The Balaban J connectivity index is 1.67. The van der Waals surface area contributed by atoms with Gasteiger partial charge in [-0.05, 0) is 42.7 Å². The van der Waals surface area contributed by atoms with E-state index in [1.165, 1.54) is 0 Å². The number of nitrogens with one attached hydrogen (secondary N) is 1. The van der Waals surface area contributed by atoms with Gasteiger partial charge < -0.3 is 9.84 Å². The predicted octanol–water partition coefficient (Wildman–Crippen LogP) is 5.37. The Kier molecular flexibility index (Phi) is 6.05. The average Bonchev–Trinajstić information content (AvgIpc) is 3.16. The largest absolute Gasteiger partial charge is 0.360 e. The van der Waals surface area contributed by atoms with E-state index in [4.69, 9.17) is 21.1 Å². The molecule has 0 aliphatic rings. The van der Waals surface area contributed by atoms with Crippen LogP contribution in [0, 0.1) is 6.92 Å². The number of aromatic nitrogens is 4. The van der Waals surface area contributed by atoms with Crippen molar-refractivity contribution in [2.24, 2.45) is 0 Å². The molecule has 6 nitrogen and oxygen atoms in total. The maximum atomic E-state index is 6.26. The van der Waals surface area contributed by atoms with Crippen LogP contribution < -0.4 is 5.32 Å². The van der Waals surface area contributed by atoms with Crippen LogP contribution in [0.25, 0.3) is 22.4 Å².